The number of amides is 1. The third kappa shape index (κ3) is 5.55. The molecule has 0 bridgehead atoms. The van der Waals surface area contributed by atoms with Crippen molar-refractivity contribution in [3.63, 3.8) is 0 Å². The summed E-state index contributed by atoms with van der Waals surface area (Å²) in [5.41, 5.74) is 0.110. The molecule has 0 saturated heterocycles. The number of benzene rings is 1. The normalized spacial score (nSPS) is 11.9. The molecule has 2 N–H and O–H groups in total. The van der Waals surface area contributed by atoms with Gasteiger partial charge in [-0.3, -0.25) is 9.59 Å². The van der Waals surface area contributed by atoms with Gasteiger partial charge in [-0.15, -0.1) is 0 Å². The van der Waals surface area contributed by atoms with Crippen molar-refractivity contribution < 1.29 is 33.0 Å². The van der Waals surface area contributed by atoms with Crippen LogP contribution in [0.1, 0.15) is 23.7 Å². The lowest BCUT2D eigenvalue weighted by Gasteiger charge is -2.13. The lowest BCUT2D eigenvalue weighted by Crippen LogP contribution is -2.29. The summed E-state index contributed by atoms with van der Waals surface area (Å²) in [5.74, 6) is -1.89. The first-order valence-electron chi connectivity index (χ1n) is 6.46. The summed E-state index contributed by atoms with van der Waals surface area (Å²) in [6.07, 6.45) is -0.0807. The van der Waals surface area contributed by atoms with E-state index in [-0.39, 0.29) is 35.9 Å². The lowest BCUT2D eigenvalue weighted by atomic mass is 10.1. The van der Waals surface area contributed by atoms with E-state index in [2.05, 4.69) is 10.1 Å². The smallest absolute Gasteiger partial charge is 0.387 e. The summed E-state index contributed by atoms with van der Waals surface area (Å²) in [7, 11) is 1.29. The number of aliphatic carboxylic acids is 1. The van der Waals surface area contributed by atoms with Crippen molar-refractivity contribution in [3.8, 4) is 11.5 Å². The van der Waals surface area contributed by atoms with Crippen LogP contribution in [0, 0.1) is 5.92 Å². The van der Waals surface area contributed by atoms with Crippen LogP contribution in [0.15, 0.2) is 18.2 Å². The van der Waals surface area contributed by atoms with Crippen LogP contribution in [-0.4, -0.2) is 37.2 Å². The van der Waals surface area contributed by atoms with Crippen LogP contribution in [0.5, 0.6) is 11.5 Å². The minimum absolute atomic E-state index is 0.0797. The highest BCUT2D eigenvalue weighted by Crippen LogP contribution is 2.29. The number of carbonyl (C=O) groups excluding carboxylic acids is 1. The molecule has 1 aromatic carbocycles. The number of rotatable bonds is 8. The van der Waals surface area contributed by atoms with E-state index in [1.807, 2.05) is 0 Å². The van der Waals surface area contributed by atoms with Gasteiger partial charge in [0.2, 0.25) is 0 Å². The van der Waals surface area contributed by atoms with Crippen LogP contribution in [0.4, 0.5) is 8.78 Å². The molecule has 1 aromatic rings. The molecule has 0 aliphatic rings. The number of hydrogen-bond acceptors (Lipinski definition) is 4. The van der Waals surface area contributed by atoms with E-state index >= 15 is 0 Å². The zero-order chi connectivity index (χ0) is 16.7. The number of methoxy groups -OCH3 is 1. The maximum absolute atomic E-state index is 12.3. The molecule has 1 unspecified atom stereocenters. The molecule has 0 fully saturated rings. The van der Waals surface area contributed by atoms with Crippen LogP contribution >= 0.6 is 0 Å². The van der Waals surface area contributed by atoms with Crippen molar-refractivity contribution in [3.05, 3.63) is 23.8 Å². The zero-order valence-corrected chi connectivity index (χ0v) is 12.1. The van der Waals surface area contributed by atoms with Crippen molar-refractivity contribution in [1.82, 2.24) is 5.32 Å². The molecule has 0 radical (unpaired) electrons. The third-order valence-electron chi connectivity index (χ3n) is 2.78. The van der Waals surface area contributed by atoms with E-state index in [9.17, 15) is 18.4 Å². The van der Waals surface area contributed by atoms with Gasteiger partial charge in [-0.1, -0.05) is 6.92 Å². The Balaban J connectivity index is 2.74. The number of carboxylic acid groups (broad SMARTS) is 1. The molecule has 0 heterocycles. The second-order valence-corrected chi connectivity index (χ2v) is 4.66. The van der Waals surface area contributed by atoms with Crippen LogP contribution in [-0.2, 0) is 4.79 Å². The molecule has 0 aliphatic carbocycles. The van der Waals surface area contributed by atoms with Crippen molar-refractivity contribution in [1.29, 1.82) is 0 Å². The summed E-state index contributed by atoms with van der Waals surface area (Å²) in [6, 6.07) is 3.88. The van der Waals surface area contributed by atoms with Gasteiger partial charge < -0.3 is 19.9 Å². The van der Waals surface area contributed by atoms with E-state index < -0.39 is 18.5 Å². The Morgan fingerprint density at radius 3 is 2.55 bits per heavy atom. The van der Waals surface area contributed by atoms with E-state index in [0.717, 1.165) is 6.07 Å². The number of hydrogen-bond donors (Lipinski definition) is 2. The van der Waals surface area contributed by atoms with Crippen LogP contribution < -0.4 is 14.8 Å². The average Bonchev–Trinajstić information content (AvgIpc) is 2.43. The summed E-state index contributed by atoms with van der Waals surface area (Å²) in [6.45, 7) is -1.21. The Kier molecular flexibility index (Phi) is 6.55. The number of carbonyl (C=O) groups is 2. The Morgan fingerprint density at radius 2 is 2.00 bits per heavy atom. The molecule has 122 valence electrons. The first-order valence-corrected chi connectivity index (χ1v) is 6.46. The van der Waals surface area contributed by atoms with Gasteiger partial charge in [-0.25, -0.2) is 0 Å². The Morgan fingerprint density at radius 1 is 1.32 bits per heavy atom. The molecule has 6 nitrogen and oxygen atoms in total. The summed E-state index contributed by atoms with van der Waals surface area (Å²) in [5, 5.41) is 11.2. The number of alkyl halides is 2. The minimum Gasteiger partial charge on any atom is -0.493 e. The van der Waals surface area contributed by atoms with Crippen LogP contribution in [0.2, 0.25) is 0 Å². The molecule has 1 rings (SSSR count). The van der Waals surface area contributed by atoms with E-state index in [4.69, 9.17) is 9.84 Å². The van der Waals surface area contributed by atoms with E-state index in [1.165, 1.54) is 19.2 Å². The van der Waals surface area contributed by atoms with Gasteiger partial charge in [0.05, 0.1) is 7.11 Å². The first kappa shape index (κ1) is 17.7. The quantitative estimate of drug-likeness (QED) is 0.767. The summed E-state index contributed by atoms with van der Waals surface area (Å²) in [4.78, 5) is 22.5. The minimum atomic E-state index is -3.04. The maximum Gasteiger partial charge on any atom is 0.387 e. The van der Waals surface area contributed by atoms with Crippen molar-refractivity contribution >= 4 is 11.9 Å². The molecular formula is C14H17F2NO5. The van der Waals surface area contributed by atoms with Gasteiger partial charge in [-0.05, 0) is 24.1 Å². The standard InChI is InChI=1S/C14H17F2NO5/c1-8(5-12(18)19)7-17-13(20)9-3-4-10(21-2)11(6-9)22-14(15)16/h3-4,6,8,14H,5,7H2,1-2H3,(H,17,20)(H,18,19). The van der Waals surface area contributed by atoms with Gasteiger partial charge in [-0.2, -0.15) is 8.78 Å². The van der Waals surface area contributed by atoms with Gasteiger partial charge in [0.25, 0.3) is 5.91 Å². The molecular weight excluding hydrogens is 300 g/mol. The predicted molar refractivity (Wildman–Crippen MR) is 73.4 cm³/mol. The molecule has 1 atom stereocenters. The van der Waals surface area contributed by atoms with Crippen molar-refractivity contribution in [2.45, 2.75) is 20.0 Å². The fourth-order valence-electron chi connectivity index (χ4n) is 1.75. The SMILES string of the molecule is COc1ccc(C(=O)NCC(C)CC(=O)O)cc1OC(F)F. The zero-order valence-electron chi connectivity index (χ0n) is 12.1. The fraction of sp³-hybridized carbons (Fsp3) is 0.429. The Labute approximate surface area is 126 Å². The second kappa shape index (κ2) is 8.16. The van der Waals surface area contributed by atoms with Crippen LogP contribution in [0.25, 0.3) is 0 Å². The highest BCUT2D eigenvalue weighted by Gasteiger charge is 2.15. The number of halogens is 2. The Bertz CT molecular complexity index is 536. The molecule has 22 heavy (non-hydrogen) atoms. The Hall–Kier alpha value is -2.38. The third-order valence-corrected chi connectivity index (χ3v) is 2.78. The first-order chi connectivity index (χ1) is 10.3. The molecule has 0 spiro atoms. The fourth-order valence-corrected chi connectivity index (χ4v) is 1.75. The molecule has 0 aliphatic heterocycles. The molecule has 0 aromatic heterocycles. The summed E-state index contributed by atoms with van der Waals surface area (Å²) < 4.78 is 33.8. The topological polar surface area (TPSA) is 84.9 Å². The monoisotopic (exact) mass is 317 g/mol. The van der Waals surface area contributed by atoms with Gasteiger partial charge in [0.1, 0.15) is 0 Å². The lowest BCUT2D eigenvalue weighted by molar-refractivity contribution is -0.137. The number of carboxylic acids is 1. The van der Waals surface area contributed by atoms with Crippen molar-refractivity contribution in [2.75, 3.05) is 13.7 Å². The van der Waals surface area contributed by atoms with Gasteiger partial charge in [0.15, 0.2) is 11.5 Å². The van der Waals surface area contributed by atoms with Crippen LogP contribution in [0.3, 0.4) is 0 Å². The highest BCUT2D eigenvalue weighted by atomic mass is 19.3. The second-order valence-electron chi connectivity index (χ2n) is 4.66. The maximum atomic E-state index is 12.3. The molecule has 8 heteroatoms. The van der Waals surface area contributed by atoms with Gasteiger partial charge >= 0.3 is 12.6 Å². The van der Waals surface area contributed by atoms with Crippen molar-refractivity contribution in [2.24, 2.45) is 5.92 Å². The highest BCUT2D eigenvalue weighted by molar-refractivity contribution is 5.94. The molecule has 0 saturated carbocycles. The van der Waals surface area contributed by atoms with E-state index in [1.54, 1.807) is 6.92 Å². The summed E-state index contributed by atoms with van der Waals surface area (Å²) >= 11 is 0. The predicted octanol–water partition coefficient (Wildman–Crippen LogP) is 2.14. The largest absolute Gasteiger partial charge is 0.493 e. The number of nitrogens with one attached hydrogen (secondary N) is 1. The number of ether oxygens (including phenoxy) is 2. The van der Waals surface area contributed by atoms with E-state index in [0.29, 0.717) is 0 Å². The van der Waals surface area contributed by atoms with Gasteiger partial charge in [0, 0.05) is 18.5 Å². The average molecular weight is 317 g/mol. The molecule has 1 amide bonds.